The van der Waals surface area contributed by atoms with E-state index in [4.69, 9.17) is 4.74 Å². The molecule has 0 N–H and O–H groups in total. The number of ether oxygens (including phenoxy) is 1. The largest absolute Gasteiger partial charge is 0.497 e. The fourth-order valence-corrected chi connectivity index (χ4v) is 1.86. The van der Waals surface area contributed by atoms with Gasteiger partial charge in [-0.1, -0.05) is 25.1 Å². The van der Waals surface area contributed by atoms with Crippen LogP contribution in [0.1, 0.15) is 18.9 Å². The topological polar surface area (TPSA) is 29.5 Å². The third kappa shape index (κ3) is 2.87. The van der Waals surface area contributed by atoms with E-state index in [1.807, 2.05) is 30.5 Å². The molecule has 3 heteroatoms. The quantitative estimate of drug-likeness (QED) is 0.800. The Bertz CT molecular complexity index is 422. The molecule has 1 atom stereocenters. The molecule has 0 radical (unpaired) electrons. The van der Waals surface area contributed by atoms with Gasteiger partial charge in [0.15, 0.2) is 0 Å². The first-order valence-electron chi connectivity index (χ1n) is 5.80. The van der Waals surface area contributed by atoms with Crippen LogP contribution in [-0.4, -0.2) is 17.9 Å². The van der Waals surface area contributed by atoms with Gasteiger partial charge in [0.2, 0.25) is 5.91 Å². The summed E-state index contributed by atoms with van der Waals surface area (Å²) in [6, 6.07) is 7.79. The Morgan fingerprint density at radius 1 is 1.35 bits per heavy atom. The van der Waals surface area contributed by atoms with Crippen LogP contribution in [-0.2, 0) is 11.3 Å². The van der Waals surface area contributed by atoms with E-state index in [0.717, 1.165) is 11.3 Å². The fraction of sp³-hybridized carbons (Fsp3) is 0.357. The van der Waals surface area contributed by atoms with Crippen LogP contribution in [0.15, 0.2) is 36.5 Å². The van der Waals surface area contributed by atoms with Crippen molar-refractivity contribution in [2.75, 3.05) is 7.11 Å². The van der Waals surface area contributed by atoms with Crippen molar-refractivity contribution < 1.29 is 9.53 Å². The van der Waals surface area contributed by atoms with Gasteiger partial charge >= 0.3 is 0 Å². The highest BCUT2D eigenvalue weighted by Gasteiger charge is 2.18. The Kier molecular flexibility index (Phi) is 3.47. The molecule has 0 bridgehead atoms. The van der Waals surface area contributed by atoms with E-state index >= 15 is 0 Å². The van der Waals surface area contributed by atoms with Crippen LogP contribution in [0.5, 0.6) is 5.75 Å². The summed E-state index contributed by atoms with van der Waals surface area (Å²) in [5.74, 6) is 1.38. The summed E-state index contributed by atoms with van der Waals surface area (Å²) in [6.45, 7) is 2.69. The number of carbonyl (C=O) groups is 1. The predicted octanol–water partition coefficient (Wildman–Crippen LogP) is 2.58. The van der Waals surface area contributed by atoms with Gasteiger partial charge in [-0.2, -0.15) is 0 Å². The average Bonchev–Trinajstić information content (AvgIpc) is 2.34. The Morgan fingerprint density at radius 2 is 2.06 bits per heavy atom. The molecule has 2 rings (SSSR count). The summed E-state index contributed by atoms with van der Waals surface area (Å²) in [6.07, 6.45) is 4.57. The third-order valence-corrected chi connectivity index (χ3v) is 2.92. The highest BCUT2D eigenvalue weighted by atomic mass is 16.5. The van der Waals surface area contributed by atoms with Crippen LogP contribution in [0, 0.1) is 5.92 Å². The highest BCUT2D eigenvalue weighted by molar-refractivity contribution is 5.78. The van der Waals surface area contributed by atoms with E-state index in [9.17, 15) is 4.79 Å². The Hall–Kier alpha value is -1.77. The molecule has 0 saturated heterocycles. The number of methoxy groups -OCH3 is 1. The number of benzene rings is 1. The van der Waals surface area contributed by atoms with Crippen LogP contribution in [0.2, 0.25) is 0 Å². The van der Waals surface area contributed by atoms with Crippen LogP contribution in [0.3, 0.4) is 0 Å². The molecule has 0 fully saturated rings. The molecule has 1 aromatic carbocycles. The maximum atomic E-state index is 11.8. The molecule has 3 nitrogen and oxygen atoms in total. The molecule has 1 unspecified atom stereocenters. The highest BCUT2D eigenvalue weighted by Crippen LogP contribution is 2.18. The average molecular weight is 231 g/mol. The first kappa shape index (κ1) is 11.7. The standard InChI is InChI=1S/C14H17NO2/c1-11-7-8-15(14(16)9-11)10-12-3-5-13(17-2)6-4-12/h3-8,11H,9-10H2,1-2H3. The SMILES string of the molecule is COc1ccc(CN2C=CC(C)CC2=O)cc1. The maximum absolute atomic E-state index is 11.8. The molecule has 0 spiro atoms. The van der Waals surface area contributed by atoms with E-state index in [2.05, 4.69) is 13.0 Å². The van der Waals surface area contributed by atoms with E-state index in [0.29, 0.717) is 18.9 Å². The summed E-state index contributed by atoms with van der Waals surface area (Å²) < 4.78 is 5.10. The van der Waals surface area contributed by atoms with Crippen molar-refractivity contribution in [2.45, 2.75) is 19.9 Å². The van der Waals surface area contributed by atoms with Crippen LogP contribution < -0.4 is 4.74 Å². The number of allylic oxidation sites excluding steroid dienone is 1. The monoisotopic (exact) mass is 231 g/mol. The van der Waals surface area contributed by atoms with Gasteiger partial charge in [-0.25, -0.2) is 0 Å². The third-order valence-electron chi connectivity index (χ3n) is 2.92. The van der Waals surface area contributed by atoms with Crippen molar-refractivity contribution in [1.29, 1.82) is 0 Å². The molecule has 1 amide bonds. The molecular formula is C14H17NO2. The Labute approximate surface area is 102 Å². The molecule has 1 aliphatic rings. The minimum absolute atomic E-state index is 0.191. The van der Waals surface area contributed by atoms with Crippen molar-refractivity contribution in [3.8, 4) is 5.75 Å². The molecule has 0 saturated carbocycles. The predicted molar refractivity (Wildman–Crippen MR) is 66.5 cm³/mol. The number of carbonyl (C=O) groups excluding carboxylic acids is 1. The van der Waals surface area contributed by atoms with E-state index in [1.54, 1.807) is 12.0 Å². The fourth-order valence-electron chi connectivity index (χ4n) is 1.86. The van der Waals surface area contributed by atoms with E-state index in [-0.39, 0.29) is 5.91 Å². The summed E-state index contributed by atoms with van der Waals surface area (Å²) in [5.41, 5.74) is 1.11. The molecule has 0 aromatic heterocycles. The second kappa shape index (κ2) is 5.04. The van der Waals surface area contributed by atoms with Gasteiger partial charge in [0, 0.05) is 12.6 Å². The van der Waals surface area contributed by atoms with Gasteiger partial charge < -0.3 is 9.64 Å². The molecule has 1 aromatic rings. The van der Waals surface area contributed by atoms with Crippen molar-refractivity contribution in [3.63, 3.8) is 0 Å². The zero-order valence-electron chi connectivity index (χ0n) is 10.2. The van der Waals surface area contributed by atoms with E-state index in [1.165, 1.54) is 0 Å². The molecule has 90 valence electrons. The van der Waals surface area contributed by atoms with Gasteiger partial charge in [-0.05, 0) is 23.6 Å². The lowest BCUT2D eigenvalue weighted by molar-refractivity contribution is -0.130. The van der Waals surface area contributed by atoms with E-state index < -0.39 is 0 Å². The molecule has 17 heavy (non-hydrogen) atoms. The van der Waals surface area contributed by atoms with Gasteiger partial charge in [0.1, 0.15) is 5.75 Å². The number of rotatable bonds is 3. The van der Waals surface area contributed by atoms with Gasteiger partial charge in [0.05, 0.1) is 13.7 Å². The van der Waals surface area contributed by atoms with Crippen LogP contribution in [0.25, 0.3) is 0 Å². The zero-order valence-corrected chi connectivity index (χ0v) is 10.2. The minimum atomic E-state index is 0.191. The lowest BCUT2D eigenvalue weighted by Crippen LogP contribution is -2.29. The van der Waals surface area contributed by atoms with Gasteiger partial charge in [-0.15, -0.1) is 0 Å². The number of nitrogens with zero attached hydrogens (tertiary/aromatic N) is 1. The maximum Gasteiger partial charge on any atom is 0.227 e. The van der Waals surface area contributed by atoms with Crippen molar-refractivity contribution >= 4 is 5.91 Å². The smallest absolute Gasteiger partial charge is 0.227 e. The second-order valence-corrected chi connectivity index (χ2v) is 4.39. The normalized spacial score (nSPS) is 19.5. The summed E-state index contributed by atoms with van der Waals surface area (Å²) in [7, 11) is 1.65. The second-order valence-electron chi connectivity index (χ2n) is 4.39. The van der Waals surface area contributed by atoms with Crippen LogP contribution >= 0.6 is 0 Å². The van der Waals surface area contributed by atoms with Gasteiger partial charge in [-0.3, -0.25) is 4.79 Å². The number of hydrogen-bond donors (Lipinski definition) is 0. The Morgan fingerprint density at radius 3 is 2.65 bits per heavy atom. The first-order chi connectivity index (χ1) is 8.19. The first-order valence-corrected chi connectivity index (χ1v) is 5.80. The molecule has 1 heterocycles. The Balaban J connectivity index is 2.05. The lowest BCUT2D eigenvalue weighted by Gasteiger charge is -2.24. The molecule has 1 aliphatic heterocycles. The van der Waals surface area contributed by atoms with Crippen molar-refractivity contribution in [2.24, 2.45) is 5.92 Å². The van der Waals surface area contributed by atoms with Gasteiger partial charge in [0.25, 0.3) is 0 Å². The minimum Gasteiger partial charge on any atom is -0.497 e. The molecule has 0 aliphatic carbocycles. The lowest BCUT2D eigenvalue weighted by atomic mass is 10.0. The van der Waals surface area contributed by atoms with Crippen molar-refractivity contribution in [3.05, 3.63) is 42.1 Å². The number of hydrogen-bond acceptors (Lipinski definition) is 2. The molecular weight excluding hydrogens is 214 g/mol. The number of amides is 1. The summed E-state index contributed by atoms with van der Waals surface area (Å²) in [5, 5.41) is 0. The van der Waals surface area contributed by atoms with Crippen LogP contribution in [0.4, 0.5) is 0 Å². The summed E-state index contributed by atoms with van der Waals surface area (Å²) >= 11 is 0. The van der Waals surface area contributed by atoms with Crippen molar-refractivity contribution in [1.82, 2.24) is 4.90 Å². The summed E-state index contributed by atoms with van der Waals surface area (Å²) in [4.78, 5) is 13.5. The zero-order chi connectivity index (χ0) is 12.3.